The van der Waals surface area contributed by atoms with Crippen molar-refractivity contribution in [3.63, 3.8) is 0 Å². The number of cyclic esters (lactones) is 2. The molecule has 0 unspecified atom stereocenters. The van der Waals surface area contributed by atoms with Crippen molar-refractivity contribution in [1.29, 1.82) is 0 Å². The summed E-state index contributed by atoms with van der Waals surface area (Å²) in [5.41, 5.74) is -0.684. The van der Waals surface area contributed by atoms with Gasteiger partial charge in [-0.2, -0.15) is 0 Å². The van der Waals surface area contributed by atoms with Crippen LogP contribution in [0.5, 0.6) is 5.75 Å². The Hall–Kier alpha value is -2.03. The Balaban J connectivity index is 2.47. The van der Waals surface area contributed by atoms with Crippen molar-refractivity contribution in [2.24, 2.45) is 0 Å². The molecule has 1 aromatic rings. The number of carbonyl (C=O) groups excluding carboxylic acids is 2. The zero-order chi connectivity index (χ0) is 17.4. The summed E-state index contributed by atoms with van der Waals surface area (Å²) in [4.78, 5) is 23.7. The van der Waals surface area contributed by atoms with Crippen LogP contribution < -0.4 is 4.74 Å². The van der Waals surface area contributed by atoms with E-state index in [0.717, 1.165) is 12.1 Å². The Morgan fingerprint density at radius 1 is 1.17 bits per heavy atom. The standard InChI is InChI=1S/C14H10BrF3O5/c1-13(2)22-11(19)8(12(20)23-13)6-7-9(15)4-3-5-10(7)21-14(16,17)18/h3-6H,1-2H3. The number of ether oxygens (including phenoxy) is 3. The summed E-state index contributed by atoms with van der Waals surface area (Å²) >= 11 is 3.05. The van der Waals surface area contributed by atoms with Gasteiger partial charge in [0, 0.05) is 23.9 Å². The lowest BCUT2D eigenvalue weighted by molar-refractivity contribution is -0.274. The van der Waals surface area contributed by atoms with Crippen LogP contribution in [0.1, 0.15) is 19.4 Å². The summed E-state index contributed by atoms with van der Waals surface area (Å²) < 4.78 is 51.2. The molecular formula is C14H10BrF3O5. The van der Waals surface area contributed by atoms with Gasteiger partial charge in [-0.25, -0.2) is 9.59 Å². The molecule has 23 heavy (non-hydrogen) atoms. The first-order valence-corrected chi connectivity index (χ1v) is 7.00. The second-order valence-electron chi connectivity index (χ2n) is 4.94. The quantitative estimate of drug-likeness (QED) is 0.436. The fraction of sp³-hybridized carbons (Fsp3) is 0.286. The maximum Gasteiger partial charge on any atom is 0.573 e. The van der Waals surface area contributed by atoms with E-state index >= 15 is 0 Å². The Morgan fingerprint density at radius 3 is 2.26 bits per heavy atom. The van der Waals surface area contributed by atoms with Crippen molar-refractivity contribution in [2.75, 3.05) is 0 Å². The molecule has 0 bridgehead atoms. The Bertz CT molecular complexity index is 672. The van der Waals surface area contributed by atoms with Crippen LogP contribution in [-0.2, 0) is 19.1 Å². The van der Waals surface area contributed by atoms with Crippen LogP contribution in [0.15, 0.2) is 28.2 Å². The van der Waals surface area contributed by atoms with E-state index in [4.69, 9.17) is 9.47 Å². The highest BCUT2D eigenvalue weighted by atomic mass is 79.9. The molecule has 1 aliphatic heterocycles. The lowest BCUT2D eigenvalue weighted by Crippen LogP contribution is -2.41. The normalized spacial score (nSPS) is 17.4. The highest BCUT2D eigenvalue weighted by molar-refractivity contribution is 9.10. The molecule has 1 fully saturated rings. The van der Waals surface area contributed by atoms with Gasteiger partial charge in [-0.15, -0.1) is 13.2 Å². The monoisotopic (exact) mass is 394 g/mol. The molecule has 1 saturated heterocycles. The molecule has 1 heterocycles. The van der Waals surface area contributed by atoms with E-state index in [1.165, 1.54) is 26.0 Å². The summed E-state index contributed by atoms with van der Waals surface area (Å²) in [5, 5.41) is 0. The maximum atomic E-state index is 12.4. The smallest absolute Gasteiger partial charge is 0.419 e. The van der Waals surface area contributed by atoms with Gasteiger partial charge in [-0.1, -0.05) is 22.0 Å². The fourth-order valence-electron chi connectivity index (χ4n) is 1.79. The number of rotatable bonds is 2. The predicted molar refractivity (Wildman–Crippen MR) is 75.1 cm³/mol. The van der Waals surface area contributed by atoms with Gasteiger partial charge >= 0.3 is 18.3 Å². The summed E-state index contributed by atoms with van der Waals surface area (Å²) in [6.07, 6.45) is -4.01. The third-order valence-electron chi connectivity index (χ3n) is 2.64. The number of hydrogen-bond donors (Lipinski definition) is 0. The van der Waals surface area contributed by atoms with Crippen molar-refractivity contribution in [3.05, 3.63) is 33.8 Å². The first-order chi connectivity index (χ1) is 10.5. The number of carbonyl (C=O) groups is 2. The first kappa shape index (κ1) is 17.3. The topological polar surface area (TPSA) is 61.8 Å². The van der Waals surface area contributed by atoms with Gasteiger partial charge in [-0.05, 0) is 18.2 Å². The van der Waals surface area contributed by atoms with Gasteiger partial charge < -0.3 is 14.2 Å². The Labute approximate surface area is 137 Å². The molecule has 0 spiro atoms. The molecule has 5 nitrogen and oxygen atoms in total. The maximum absolute atomic E-state index is 12.4. The van der Waals surface area contributed by atoms with Gasteiger partial charge in [0.2, 0.25) is 0 Å². The zero-order valence-corrected chi connectivity index (χ0v) is 13.4. The molecular weight excluding hydrogens is 385 g/mol. The first-order valence-electron chi connectivity index (χ1n) is 6.21. The zero-order valence-electron chi connectivity index (χ0n) is 11.9. The second kappa shape index (κ2) is 5.88. The summed E-state index contributed by atoms with van der Waals surface area (Å²) in [6, 6.07) is 3.79. The number of esters is 2. The molecule has 0 amide bonds. The van der Waals surface area contributed by atoms with Gasteiger partial charge in [0.25, 0.3) is 5.79 Å². The van der Waals surface area contributed by atoms with Crippen molar-refractivity contribution >= 4 is 33.9 Å². The van der Waals surface area contributed by atoms with E-state index in [1.54, 1.807) is 0 Å². The van der Waals surface area contributed by atoms with Crippen LogP contribution in [-0.4, -0.2) is 24.1 Å². The lowest BCUT2D eigenvalue weighted by atomic mass is 10.1. The Kier molecular flexibility index (Phi) is 4.43. The molecule has 0 aromatic heterocycles. The number of alkyl halides is 3. The molecule has 0 atom stereocenters. The van der Waals surface area contributed by atoms with Gasteiger partial charge in [0.1, 0.15) is 11.3 Å². The highest BCUT2D eigenvalue weighted by Gasteiger charge is 2.39. The van der Waals surface area contributed by atoms with Crippen LogP contribution in [0, 0.1) is 0 Å². The summed E-state index contributed by atoms with van der Waals surface area (Å²) in [5.74, 6) is -4.02. The van der Waals surface area contributed by atoms with Crippen molar-refractivity contribution < 1.29 is 37.0 Å². The number of benzene rings is 1. The number of halogens is 4. The summed E-state index contributed by atoms with van der Waals surface area (Å²) in [7, 11) is 0. The highest BCUT2D eigenvalue weighted by Crippen LogP contribution is 2.34. The molecule has 1 aromatic carbocycles. The van der Waals surface area contributed by atoms with Crippen LogP contribution >= 0.6 is 15.9 Å². The van der Waals surface area contributed by atoms with Gasteiger partial charge in [0.15, 0.2) is 0 Å². The van der Waals surface area contributed by atoms with Crippen LogP contribution in [0.4, 0.5) is 13.2 Å². The van der Waals surface area contributed by atoms with Crippen LogP contribution in [0.2, 0.25) is 0 Å². The molecule has 124 valence electrons. The van der Waals surface area contributed by atoms with Crippen LogP contribution in [0.3, 0.4) is 0 Å². The van der Waals surface area contributed by atoms with Crippen LogP contribution in [0.25, 0.3) is 6.08 Å². The minimum atomic E-state index is -4.93. The third kappa shape index (κ3) is 4.25. The second-order valence-corrected chi connectivity index (χ2v) is 5.79. The molecule has 0 radical (unpaired) electrons. The molecule has 1 aliphatic rings. The molecule has 9 heteroatoms. The minimum Gasteiger partial charge on any atom is -0.419 e. The van der Waals surface area contributed by atoms with Gasteiger partial charge in [0.05, 0.1) is 0 Å². The SMILES string of the molecule is CC1(C)OC(=O)C(=Cc2c(Br)cccc2OC(F)(F)F)C(=O)O1. The minimum absolute atomic E-state index is 0.145. The van der Waals surface area contributed by atoms with Crippen molar-refractivity contribution in [1.82, 2.24) is 0 Å². The number of hydrogen-bond acceptors (Lipinski definition) is 5. The van der Waals surface area contributed by atoms with Gasteiger partial charge in [-0.3, -0.25) is 0 Å². The summed E-state index contributed by atoms with van der Waals surface area (Å²) in [6.45, 7) is 2.71. The van der Waals surface area contributed by atoms with E-state index in [1.807, 2.05) is 0 Å². The van der Waals surface area contributed by atoms with E-state index < -0.39 is 35.4 Å². The largest absolute Gasteiger partial charge is 0.573 e. The van der Waals surface area contributed by atoms with E-state index in [2.05, 4.69) is 20.7 Å². The average molecular weight is 395 g/mol. The molecule has 2 rings (SSSR count). The lowest BCUT2D eigenvalue weighted by Gasteiger charge is -2.29. The fourth-order valence-corrected chi connectivity index (χ4v) is 2.26. The molecule has 0 N–H and O–H groups in total. The Morgan fingerprint density at radius 2 is 1.74 bits per heavy atom. The van der Waals surface area contributed by atoms with E-state index in [0.29, 0.717) is 0 Å². The molecule has 0 saturated carbocycles. The predicted octanol–water partition coefficient (Wildman–Crippen LogP) is 3.57. The molecule has 0 aliphatic carbocycles. The third-order valence-corrected chi connectivity index (χ3v) is 3.34. The van der Waals surface area contributed by atoms with E-state index in [-0.39, 0.29) is 10.0 Å². The van der Waals surface area contributed by atoms with E-state index in [9.17, 15) is 22.8 Å². The van der Waals surface area contributed by atoms with Crippen molar-refractivity contribution in [3.8, 4) is 5.75 Å². The van der Waals surface area contributed by atoms with Crippen molar-refractivity contribution in [2.45, 2.75) is 26.0 Å². The average Bonchev–Trinajstić information content (AvgIpc) is 2.33.